The number of nitrogens with one attached hydrogen (secondary N) is 1. The first-order valence-electron chi connectivity index (χ1n) is 4.92. The summed E-state index contributed by atoms with van der Waals surface area (Å²) in [6, 6.07) is 1.82. The molecule has 1 saturated carbocycles. The SMILES string of the molecule is O=S(=O)(NC1[C@H]2COC[C@@H]12)c1sccc1Br. The van der Waals surface area contributed by atoms with Crippen LogP contribution in [0.15, 0.2) is 20.1 Å². The van der Waals surface area contributed by atoms with Gasteiger partial charge in [-0.05, 0) is 27.4 Å². The maximum atomic E-state index is 12.0. The van der Waals surface area contributed by atoms with Gasteiger partial charge >= 0.3 is 0 Å². The lowest BCUT2D eigenvalue weighted by atomic mass is 10.4. The van der Waals surface area contributed by atoms with Crippen molar-refractivity contribution in [2.75, 3.05) is 13.2 Å². The van der Waals surface area contributed by atoms with Gasteiger partial charge in [0.15, 0.2) is 0 Å². The number of hydrogen-bond acceptors (Lipinski definition) is 4. The van der Waals surface area contributed by atoms with Gasteiger partial charge in [0, 0.05) is 22.4 Å². The second-order valence-corrected chi connectivity index (χ2v) is 7.75. The summed E-state index contributed by atoms with van der Waals surface area (Å²) in [4.78, 5) is 0. The fourth-order valence-corrected chi connectivity index (χ4v) is 5.81. The Hall–Kier alpha value is 0.0500. The molecular weight excluding hydrogens is 314 g/mol. The number of halogens is 1. The zero-order valence-electron chi connectivity index (χ0n) is 8.22. The molecule has 1 N–H and O–H groups in total. The largest absolute Gasteiger partial charge is 0.381 e. The molecule has 2 aliphatic rings. The Morgan fingerprint density at radius 3 is 2.69 bits per heavy atom. The third kappa shape index (κ3) is 1.74. The number of rotatable bonds is 3. The smallest absolute Gasteiger partial charge is 0.251 e. The van der Waals surface area contributed by atoms with E-state index in [1.807, 2.05) is 0 Å². The van der Waals surface area contributed by atoms with Gasteiger partial charge in [0.2, 0.25) is 0 Å². The lowest BCUT2D eigenvalue weighted by molar-refractivity contribution is 0.159. The van der Waals surface area contributed by atoms with E-state index in [0.717, 1.165) is 0 Å². The molecule has 0 spiro atoms. The van der Waals surface area contributed by atoms with Gasteiger partial charge in [-0.1, -0.05) is 0 Å². The average molecular weight is 324 g/mol. The van der Waals surface area contributed by atoms with Crippen molar-refractivity contribution in [2.24, 2.45) is 11.8 Å². The van der Waals surface area contributed by atoms with Gasteiger partial charge in [0.05, 0.1) is 13.2 Å². The molecule has 7 heteroatoms. The first kappa shape index (κ1) is 11.2. The molecule has 16 heavy (non-hydrogen) atoms. The van der Waals surface area contributed by atoms with E-state index >= 15 is 0 Å². The predicted octanol–water partition coefficient (Wildman–Crippen LogP) is 1.43. The fraction of sp³-hybridized carbons (Fsp3) is 0.556. The van der Waals surface area contributed by atoms with Crippen molar-refractivity contribution in [1.29, 1.82) is 0 Å². The Bertz CT molecular complexity index is 503. The highest BCUT2D eigenvalue weighted by atomic mass is 79.9. The van der Waals surface area contributed by atoms with E-state index in [1.165, 1.54) is 11.3 Å². The predicted molar refractivity (Wildman–Crippen MR) is 63.9 cm³/mol. The summed E-state index contributed by atoms with van der Waals surface area (Å²) < 4.78 is 33.0. The van der Waals surface area contributed by atoms with E-state index in [0.29, 0.717) is 33.7 Å². The number of ether oxygens (including phenoxy) is 1. The minimum Gasteiger partial charge on any atom is -0.381 e. The molecule has 1 saturated heterocycles. The van der Waals surface area contributed by atoms with Crippen LogP contribution in [0.1, 0.15) is 0 Å². The molecular formula is C9H10BrNO3S2. The number of hydrogen-bond donors (Lipinski definition) is 1. The molecule has 1 aromatic rings. The van der Waals surface area contributed by atoms with Crippen molar-refractivity contribution < 1.29 is 13.2 Å². The third-order valence-corrected chi connectivity index (χ3v) is 7.20. The summed E-state index contributed by atoms with van der Waals surface area (Å²) in [6.07, 6.45) is 0. The fourth-order valence-electron chi connectivity index (χ4n) is 2.12. The minimum atomic E-state index is -3.36. The van der Waals surface area contributed by atoms with Crippen LogP contribution in [0.25, 0.3) is 0 Å². The van der Waals surface area contributed by atoms with Crippen LogP contribution in [0, 0.1) is 11.8 Å². The summed E-state index contributed by atoms with van der Waals surface area (Å²) in [5.74, 6) is 0.766. The van der Waals surface area contributed by atoms with E-state index in [1.54, 1.807) is 11.4 Å². The highest BCUT2D eigenvalue weighted by Crippen LogP contribution is 2.45. The highest BCUT2D eigenvalue weighted by Gasteiger charge is 2.55. The number of thiophene rings is 1. The maximum Gasteiger partial charge on any atom is 0.251 e. The van der Waals surface area contributed by atoms with E-state index in [4.69, 9.17) is 4.74 Å². The van der Waals surface area contributed by atoms with Crippen LogP contribution in [0.2, 0.25) is 0 Å². The quantitative estimate of drug-likeness (QED) is 0.915. The molecule has 3 atom stereocenters. The molecule has 1 aromatic heterocycles. The Morgan fingerprint density at radius 1 is 1.44 bits per heavy atom. The van der Waals surface area contributed by atoms with Crippen LogP contribution in [0.4, 0.5) is 0 Å². The second kappa shape index (κ2) is 3.78. The van der Waals surface area contributed by atoms with Crippen molar-refractivity contribution in [3.8, 4) is 0 Å². The van der Waals surface area contributed by atoms with Crippen molar-refractivity contribution in [2.45, 2.75) is 10.3 Å². The van der Waals surface area contributed by atoms with Crippen molar-refractivity contribution >= 4 is 37.3 Å². The molecule has 1 aliphatic heterocycles. The van der Waals surface area contributed by atoms with Gasteiger partial charge < -0.3 is 4.74 Å². The van der Waals surface area contributed by atoms with Gasteiger partial charge in [0.25, 0.3) is 10.0 Å². The Kier molecular flexibility index (Phi) is 2.63. The number of sulfonamides is 1. The topological polar surface area (TPSA) is 55.4 Å². The minimum absolute atomic E-state index is 0.0766. The van der Waals surface area contributed by atoms with Gasteiger partial charge in [-0.2, -0.15) is 0 Å². The summed E-state index contributed by atoms with van der Waals surface area (Å²) in [5.41, 5.74) is 0. The van der Waals surface area contributed by atoms with Crippen LogP contribution in [-0.4, -0.2) is 27.7 Å². The normalized spacial score (nSPS) is 32.7. The molecule has 0 amide bonds. The molecule has 0 aromatic carbocycles. The molecule has 2 heterocycles. The van der Waals surface area contributed by atoms with E-state index in [9.17, 15) is 8.42 Å². The monoisotopic (exact) mass is 323 g/mol. The van der Waals surface area contributed by atoms with Crippen LogP contribution < -0.4 is 4.72 Å². The van der Waals surface area contributed by atoms with E-state index in [-0.39, 0.29) is 6.04 Å². The second-order valence-electron chi connectivity index (χ2n) is 4.07. The number of fused-ring (bicyclic) bond motifs is 1. The van der Waals surface area contributed by atoms with E-state index in [2.05, 4.69) is 20.7 Å². The first-order chi connectivity index (χ1) is 7.59. The first-order valence-corrected chi connectivity index (χ1v) is 8.08. The van der Waals surface area contributed by atoms with Crippen LogP contribution in [0.3, 0.4) is 0 Å². The zero-order chi connectivity index (χ0) is 11.3. The summed E-state index contributed by atoms with van der Waals surface area (Å²) in [5, 5.41) is 1.76. The molecule has 0 radical (unpaired) electrons. The molecule has 4 nitrogen and oxygen atoms in total. The Morgan fingerprint density at radius 2 is 2.12 bits per heavy atom. The molecule has 1 aliphatic carbocycles. The van der Waals surface area contributed by atoms with Crippen LogP contribution in [-0.2, 0) is 14.8 Å². The lowest BCUT2D eigenvalue weighted by Crippen LogP contribution is -2.29. The van der Waals surface area contributed by atoms with Gasteiger partial charge in [-0.3, -0.25) is 0 Å². The zero-order valence-corrected chi connectivity index (χ0v) is 11.4. The van der Waals surface area contributed by atoms with Gasteiger partial charge in [0.1, 0.15) is 4.21 Å². The van der Waals surface area contributed by atoms with Gasteiger partial charge in [-0.25, -0.2) is 13.1 Å². The molecule has 1 unspecified atom stereocenters. The van der Waals surface area contributed by atoms with Crippen molar-refractivity contribution in [1.82, 2.24) is 4.72 Å². The maximum absolute atomic E-state index is 12.0. The van der Waals surface area contributed by atoms with Gasteiger partial charge in [-0.15, -0.1) is 11.3 Å². The third-order valence-electron chi connectivity index (χ3n) is 3.07. The Labute approximate surface area is 106 Å². The van der Waals surface area contributed by atoms with E-state index < -0.39 is 10.0 Å². The molecule has 2 fully saturated rings. The average Bonchev–Trinajstić information content (AvgIpc) is 2.68. The Balaban J connectivity index is 1.78. The highest BCUT2D eigenvalue weighted by molar-refractivity contribution is 9.10. The lowest BCUT2D eigenvalue weighted by Gasteiger charge is -2.07. The molecule has 88 valence electrons. The molecule has 0 bridgehead atoms. The summed E-state index contributed by atoms with van der Waals surface area (Å²) in [7, 11) is -3.36. The van der Waals surface area contributed by atoms with Crippen LogP contribution in [0.5, 0.6) is 0 Å². The summed E-state index contributed by atoms with van der Waals surface area (Å²) >= 11 is 4.47. The standard InChI is InChI=1S/C9H10BrNO3S2/c10-7-1-2-15-9(7)16(12,13)11-8-5-3-14-4-6(5)8/h1-2,5-6,8,11H,3-4H2/t5-,6+,8?. The van der Waals surface area contributed by atoms with Crippen molar-refractivity contribution in [3.63, 3.8) is 0 Å². The van der Waals surface area contributed by atoms with Crippen LogP contribution >= 0.6 is 27.3 Å². The van der Waals surface area contributed by atoms with Crippen molar-refractivity contribution in [3.05, 3.63) is 15.9 Å². The summed E-state index contributed by atoms with van der Waals surface area (Å²) in [6.45, 7) is 1.37. The molecule has 3 rings (SSSR count).